The highest BCUT2D eigenvalue weighted by Crippen LogP contribution is 2.25. The highest BCUT2D eigenvalue weighted by molar-refractivity contribution is 9.10. The standard InChI is InChI=1S/C20H26BrN3O2/c1-4-22-19(23-13-15-10-11-18(26-3)17(21)12-15)24-14-20(2,25)16-8-6-5-7-9-16/h5-12,25H,4,13-14H2,1-3H3,(H2,22,23,24). The molecule has 0 aliphatic carbocycles. The maximum atomic E-state index is 10.7. The lowest BCUT2D eigenvalue weighted by atomic mass is 9.96. The van der Waals surface area contributed by atoms with Crippen LogP contribution in [0.15, 0.2) is 58.0 Å². The average Bonchev–Trinajstić information content (AvgIpc) is 2.65. The van der Waals surface area contributed by atoms with E-state index in [9.17, 15) is 5.11 Å². The predicted octanol–water partition coefficient (Wildman–Crippen LogP) is 3.42. The van der Waals surface area contributed by atoms with Crippen molar-refractivity contribution in [2.75, 3.05) is 20.2 Å². The fraction of sp³-hybridized carbons (Fsp3) is 0.350. The minimum atomic E-state index is -0.986. The highest BCUT2D eigenvalue weighted by Gasteiger charge is 2.22. The summed E-state index contributed by atoms with van der Waals surface area (Å²) < 4.78 is 6.15. The molecule has 0 amide bonds. The first kappa shape index (κ1) is 20.3. The second-order valence-electron chi connectivity index (χ2n) is 6.16. The van der Waals surface area contributed by atoms with Crippen LogP contribution in [0.3, 0.4) is 0 Å². The largest absolute Gasteiger partial charge is 0.496 e. The van der Waals surface area contributed by atoms with Gasteiger partial charge < -0.3 is 20.5 Å². The zero-order chi connectivity index (χ0) is 19.0. The summed E-state index contributed by atoms with van der Waals surface area (Å²) in [6.45, 7) is 5.42. The molecule has 0 aliphatic rings. The molecule has 0 fully saturated rings. The van der Waals surface area contributed by atoms with Gasteiger partial charge >= 0.3 is 0 Å². The number of ether oxygens (including phenoxy) is 1. The number of guanidine groups is 1. The van der Waals surface area contributed by atoms with Gasteiger partial charge in [0.05, 0.1) is 24.7 Å². The molecule has 1 atom stereocenters. The minimum absolute atomic E-state index is 0.356. The number of benzene rings is 2. The van der Waals surface area contributed by atoms with Gasteiger partial charge in [-0.05, 0) is 53.0 Å². The molecule has 0 saturated carbocycles. The van der Waals surface area contributed by atoms with Gasteiger partial charge in [0.25, 0.3) is 0 Å². The summed E-state index contributed by atoms with van der Waals surface area (Å²) in [5, 5.41) is 17.1. The van der Waals surface area contributed by atoms with Gasteiger partial charge in [-0.2, -0.15) is 0 Å². The Morgan fingerprint density at radius 3 is 2.54 bits per heavy atom. The number of aliphatic imine (C=N–C) groups is 1. The molecule has 0 saturated heterocycles. The monoisotopic (exact) mass is 419 g/mol. The third-order valence-corrected chi connectivity index (χ3v) is 4.60. The number of aliphatic hydroxyl groups is 1. The van der Waals surface area contributed by atoms with Crippen LogP contribution in [-0.4, -0.2) is 31.3 Å². The molecule has 0 spiro atoms. The summed E-state index contributed by atoms with van der Waals surface area (Å²) in [5.74, 6) is 1.46. The molecule has 0 radical (unpaired) electrons. The van der Waals surface area contributed by atoms with Crippen LogP contribution >= 0.6 is 15.9 Å². The first-order chi connectivity index (χ1) is 12.5. The van der Waals surface area contributed by atoms with Gasteiger partial charge in [0.15, 0.2) is 5.96 Å². The zero-order valence-electron chi connectivity index (χ0n) is 15.4. The summed E-state index contributed by atoms with van der Waals surface area (Å²) in [4.78, 5) is 4.60. The molecule has 2 aromatic carbocycles. The van der Waals surface area contributed by atoms with E-state index in [1.165, 1.54) is 0 Å². The number of nitrogens with one attached hydrogen (secondary N) is 2. The molecule has 140 valence electrons. The fourth-order valence-corrected chi connectivity index (χ4v) is 3.06. The van der Waals surface area contributed by atoms with Crippen LogP contribution in [0.4, 0.5) is 0 Å². The smallest absolute Gasteiger partial charge is 0.191 e. The molecule has 6 heteroatoms. The van der Waals surface area contributed by atoms with Crippen molar-refractivity contribution in [3.63, 3.8) is 0 Å². The van der Waals surface area contributed by atoms with Crippen LogP contribution in [0.25, 0.3) is 0 Å². The number of hydrogen-bond donors (Lipinski definition) is 3. The van der Waals surface area contributed by atoms with Crippen LogP contribution in [0.1, 0.15) is 25.0 Å². The van der Waals surface area contributed by atoms with Crippen molar-refractivity contribution in [3.8, 4) is 5.75 Å². The van der Waals surface area contributed by atoms with E-state index in [2.05, 4.69) is 31.6 Å². The Balaban J connectivity index is 2.03. The van der Waals surface area contributed by atoms with Crippen molar-refractivity contribution >= 4 is 21.9 Å². The summed E-state index contributed by atoms with van der Waals surface area (Å²) in [6.07, 6.45) is 0. The number of methoxy groups -OCH3 is 1. The van der Waals surface area contributed by atoms with Crippen LogP contribution in [0, 0.1) is 0 Å². The van der Waals surface area contributed by atoms with Crippen molar-refractivity contribution in [1.82, 2.24) is 10.6 Å². The van der Waals surface area contributed by atoms with Crippen molar-refractivity contribution in [1.29, 1.82) is 0 Å². The van der Waals surface area contributed by atoms with E-state index in [0.717, 1.165) is 27.9 Å². The van der Waals surface area contributed by atoms with Crippen molar-refractivity contribution in [2.24, 2.45) is 4.99 Å². The van der Waals surface area contributed by atoms with Crippen molar-refractivity contribution in [3.05, 3.63) is 64.1 Å². The number of rotatable bonds is 7. The molecule has 0 bridgehead atoms. The molecule has 2 rings (SSSR count). The van der Waals surface area contributed by atoms with E-state index >= 15 is 0 Å². The van der Waals surface area contributed by atoms with Gasteiger partial charge in [0, 0.05) is 6.54 Å². The third kappa shape index (κ3) is 5.75. The summed E-state index contributed by atoms with van der Waals surface area (Å²) in [5.41, 5.74) is 0.938. The van der Waals surface area contributed by atoms with Gasteiger partial charge in [-0.25, -0.2) is 4.99 Å². The molecule has 0 aromatic heterocycles. The van der Waals surface area contributed by atoms with E-state index in [1.54, 1.807) is 14.0 Å². The lowest BCUT2D eigenvalue weighted by Crippen LogP contribution is -2.44. The van der Waals surface area contributed by atoms with Gasteiger partial charge in [0.2, 0.25) is 0 Å². The fourth-order valence-electron chi connectivity index (χ4n) is 2.48. The maximum Gasteiger partial charge on any atom is 0.191 e. The Morgan fingerprint density at radius 2 is 1.92 bits per heavy atom. The second kappa shape index (κ2) is 9.59. The van der Waals surface area contributed by atoms with E-state index in [0.29, 0.717) is 19.0 Å². The number of halogens is 1. The Labute approximate surface area is 163 Å². The van der Waals surface area contributed by atoms with Crippen LogP contribution < -0.4 is 15.4 Å². The first-order valence-corrected chi connectivity index (χ1v) is 9.38. The topological polar surface area (TPSA) is 65.9 Å². The van der Waals surface area contributed by atoms with Crippen LogP contribution in [0.5, 0.6) is 5.75 Å². The molecule has 3 N–H and O–H groups in total. The molecular formula is C20H26BrN3O2. The molecule has 0 heterocycles. The molecule has 0 aliphatic heterocycles. The Bertz CT molecular complexity index is 733. The van der Waals surface area contributed by atoms with E-state index in [4.69, 9.17) is 4.74 Å². The van der Waals surface area contributed by atoms with Crippen molar-refractivity contribution < 1.29 is 9.84 Å². The van der Waals surface area contributed by atoms with E-state index < -0.39 is 5.60 Å². The quantitative estimate of drug-likeness (QED) is 0.475. The highest BCUT2D eigenvalue weighted by atomic mass is 79.9. The number of hydrogen-bond acceptors (Lipinski definition) is 3. The average molecular weight is 420 g/mol. The minimum Gasteiger partial charge on any atom is -0.496 e. The molecule has 2 aromatic rings. The van der Waals surface area contributed by atoms with E-state index in [-0.39, 0.29) is 0 Å². The summed E-state index contributed by atoms with van der Waals surface area (Å²) >= 11 is 3.49. The lowest BCUT2D eigenvalue weighted by Gasteiger charge is -2.25. The lowest BCUT2D eigenvalue weighted by molar-refractivity contribution is 0.0617. The van der Waals surface area contributed by atoms with Crippen molar-refractivity contribution in [2.45, 2.75) is 26.0 Å². The third-order valence-electron chi connectivity index (χ3n) is 3.98. The van der Waals surface area contributed by atoms with Gasteiger partial charge in [-0.1, -0.05) is 36.4 Å². The van der Waals surface area contributed by atoms with Gasteiger partial charge in [-0.3, -0.25) is 0 Å². The molecule has 26 heavy (non-hydrogen) atoms. The van der Waals surface area contributed by atoms with Gasteiger partial charge in [0.1, 0.15) is 11.4 Å². The number of nitrogens with zero attached hydrogens (tertiary/aromatic N) is 1. The summed E-state index contributed by atoms with van der Waals surface area (Å²) in [7, 11) is 1.64. The normalized spacial score (nSPS) is 13.8. The van der Waals surface area contributed by atoms with Crippen LogP contribution in [-0.2, 0) is 12.1 Å². The SMILES string of the molecule is CCNC(=NCc1ccc(OC)c(Br)c1)NCC(C)(O)c1ccccc1. The Kier molecular flexibility index (Phi) is 7.48. The Hall–Kier alpha value is -2.05. The van der Waals surface area contributed by atoms with Crippen LogP contribution in [0.2, 0.25) is 0 Å². The predicted molar refractivity (Wildman–Crippen MR) is 110 cm³/mol. The molecular weight excluding hydrogens is 394 g/mol. The van der Waals surface area contributed by atoms with Gasteiger partial charge in [-0.15, -0.1) is 0 Å². The zero-order valence-corrected chi connectivity index (χ0v) is 17.0. The second-order valence-corrected chi connectivity index (χ2v) is 7.01. The molecule has 1 unspecified atom stereocenters. The maximum absolute atomic E-state index is 10.7. The Morgan fingerprint density at radius 1 is 1.19 bits per heavy atom. The first-order valence-electron chi connectivity index (χ1n) is 8.58. The summed E-state index contributed by atoms with van der Waals surface area (Å²) in [6, 6.07) is 15.5. The molecule has 5 nitrogen and oxygen atoms in total. The van der Waals surface area contributed by atoms with E-state index in [1.807, 2.05) is 55.5 Å².